The number of fused-ring (bicyclic) bond motifs is 7. The Morgan fingerprint density at radius 3 is 2.29 bits per heavy atom. The molecule has 0 amide bonds. The van der Waals surface area contributed by atoms with Crippen molar-refractivity contribution in [2.75, 3.05) is 20.3 Å². The van der Waals surface area contributed by atoms with E-state index in [2.05, 4.69) is 46.8 Å². The number of allylic oxidation sites excluding steroid dienone is 7. The second kappa shape index (κ2) is 13.5. The summed E-state index contributed by atoms with van der Waals surface area (Å²) in [6.07, 6.45) is 15.2. The molecule has 1 aromatic carbocycles. The lowest BCUT2D eigenvalue weighted by molar-refractivity contribution is -0.182. The summed E-state index contributed by atoms with van der Waals surface area (Å²) in [5.74, 6) is -0.310. The van der Waals surface area contributed by atoms with Gasteiger partial charge in [0.15, 0.2) is 5.76 Å². The zero-order valence-electron chi connectivity index (χ0n) is 31.8. The van der Waals surface area contributed by atoms with Crippen molar-refractivity contribution in [3.05, 3.63) is 81.7 Å². The first-order valence-corrected chi connectivity index (χ1v) is 18.8. The molecule has 1 aromatic rings. The van der Waals surface area contributed by atoms with Crippen molar-refractivity contribution in [2.45, 2.75) is 99.3 Å². The average molecular weight is 708 g/mol. The second-order valence-electron chi connectivity index (χ2n) is 17.0. The van der Waals surface area contributed by atoms with Crippen LogP contribution in [-0.2, 0) is 23.9 Å². The van der Waals surface area contributed by atoms with Crippen molar-refractivity contribution in [3.63, 3.8) is 0 Å². The smallest absolute Gasteiger partial charge is 0.348 e. The molecule has 5 aliphatic rings. The van der Waals surface area contributed by atoms with Crippen LogP contribution >= 0.6 is 0 Å². The highest BCUT2D eigenvalue weighted by atomic mass is 16.5. The quantitative estimate of drug-likeness (QED) is 0.117. The maximum Gasteiger partial charge on any atom is 0.348 e. The first-order valence-electron chi connectivity index (χ1n) is 18.8. The fourth-order valence-corrected chi connectivity index (χ4v) is 10.4. The molecule has 0 unspecified atom stereocenters. The molecule has 1 N–H and O–H groups in total. The zero-order valence-corrected chi connectivity index (χ0v) is 31.8. The molecule has 0 spiro atoms. The fraction of sp³-hybridized carbons (Fsp3) is 0.545. The third kappa shape index (κ3) is 6.04. The SMILES string of the molecule is COc1ccc(/C=C(\C#N)C(=O)OCCCCOC(=O)[C@]2(C)CC[C@]3(C)CC[C@]4(C)C5=CC=C6C(=CC(=O)C(O)=C6C)[C@]5(C)CC[C@@]4(C)[C@@H]3C2)cc1. The highest BCUT2D eigenvalue weighted by molar-refractivity contribution is 6.06. The van der Waals surface area contributed by atoms with Gasteiger partial charge in [-0.05, 0) is 135 Å². The fourth-order valence-electron chi connectivity index (χ4n) is 10.4. The van der Waals surface area contributed by atoms with Gasteiger partial charge in [-0.3, -0.25) is 9.59 Å². The van der Waals surface area contributed by atoms with Crippen LogP contribution in [0.3, 0.4) is 0 Å². The lowest BCUT2D eigenvalue weighted by Gasteiger charge is -2.70. The lowest BCUT2D eigenvalue weighted by Crippen LogP contribution is -2.62. The summed E-state index contributed by atoms with van der Waals surface area (Å²) in [6, 6.07) is 8.94. The first-order chi connectivity index (χ1) is 24.5. The maximum atomic E-state index is 13.8. The van der Waals surface area contributed by atoms with Crippen LogP contribution in [0.25, 0.3) is 6.08 Å². The number of nitriles is 1. The van der Waals surface area contributed by atoms with Gasteiger partial charge in [0.2, 0.25) is 5.78 Å². The van der Waals surface area contributed by atoms with Gasteiger partial charge in [0, 0.05) is 11.0 Å². The first kappa shape index (κ1) is 37.4. The molecule has 3 fully saturated rings. The number of methoxy groups -OCH3 is 1. The third-order valence-corrected chi connectivity index (χ3v) is 14.1. The van der Waals surface area contributed by atoms with E-state index in [1.807, 2.05) is 13.0 Å². The summed E-state index contributed by atoms with van der Waals surface area (Å²) in [6.45, 7) is 13.9. The van der Waals surface area contributed by atoms with Crippen LogP contribution < -0.4 is 4.74 Å². The van der Waals surface area contributed by atoms with Crippen molar-refractivity contribution in [1.82, 2.24) is 0 Å². The van der Waals surface area contributed by atoms with E-state index in [9.17, 15) is 24.8 Å². The van der Waals surface area contributed by atoms with E-state index in [-0.39, 0.29) is 58.0 Å². The van der Waals surface area contributed by atoms with Crippen LogP contribution in [0.2, 0.25) is 0 Å². The zero-order chi connectivity index (χ0) is 37.7. The maximum absolute atomic E-state index is 13.8. The van der Waals surface area contributed by atoms with Crippen LogP contribution in [0.4, 0.5) is 0 Å². The molecule has 0 saturated heterocycles. The van der Waals surface area contributed by atoms with Gasteiger partial charge in [-0.2, -0.15) is 5.26 Å². The summed E-state index contributed by atoms with van der Waals surface area (Å²) in [4.78, 5) is 39.1. The van der Waals surface area contributed by atoms with Gasteiger partial charge in [0.1, 0.15) is 17.4 Å². The predicted molar refractivity (Wildman–Crippen MR) is 199 cm³/mol. The Balaban J connectivity index is 1.08. The van der Waals surface area contributed by atoms with Crippen LogP contribution in [0.15, 0.2) is 76.1 Å². The van der Waals surface area contributed by atoms with E-state index in [4.69, 9.17) is 14.2 Å². The number of benzene rings is 1. The molecule has 52 heavy (non-hydrogen) atoms. The second-order valence-corrected chi connectivity index (χ2v) is 17.0. The van der Waals surface area contributed by atoms with Crippen LogP contribution in [0, 0.1) is 44.3 Å². The number of rotatable bonds is 9. The number of hydrogen-bond donors (Lipinski definition) is 1. The van der Waals surface area contributed by atoms with Gasteiger partial charge in [0.25, 0.3) is 0 Å². The summed E-state index contributed by atoms with van der Waals surface area (Å²) in [5.41, 5.74) is 3.69. The minimum absolute atomic E-state index is 0.0567. The van der Waals surface area contributed by atoms with Crippen LogP contribution in [0.5, 0.6) is 5.75 Å². The molecule has 8 heteroatoms. The van der Waals surface area contributed by atoms with Gasteiger partial charge in [-0.1, -0.05) is 57.6 Å². The molecule has 0 radical (unpaired) electrons. The predicted octanol–water partition coefficient (Wildman–Crippen LogP) is 9.10. The molecule has 8 nitrogen and oxygen atoms in total. The van der Waals surface area contributed by atoms with E-state index in [1.54, 1.807) is 37.5 Å². The number of carbonyl (C=O) groups is 3. The molecule has 0 aliphatic heterocycles. The Kier molecular flexibility index (Phi) is 9.74. The Morgan fingerprint density at radius 1 is 0.942 bits per heavy atom. The molecule has 6 atom stereocenters. The van der Waals surface area contributed by atoms with Gasteiger partial charge >= 0.3 is 11.9 Å². The lowest BCUT2D eigenvalue weighted by atomic mass is 9.34. The largest absolute Gasteiger partial charge is 0.504 e. The van der Waals surface area contributed by atoms with Crippen molar-refractivity contribution in [2.24, 2.45) is 33.0 Å². The van der Waals surface area contributed by atoms with Crippen molar-refractivity contribution >= 4 is 23.8 Å². The van der Waals surface area contributed by atoms with E-state index >= 15 is 0 Å². The van der Waals surface area contributed by atoms with E-state index < -0.39 is 11.4 Å². The number of esters is 2. The number of nitrogens with zero attached hydrogens (tertiary/aromatic N) is 1. The third-order valence-electron chi connectivity index (χ3n) is 14.1. The molecular weight excluding hydrogens is 654 g/mol. The van der Waals surface area contributed by atoms with Gasteiger partial charge in [-0.15, -0.1) is 0 Å². The summed E-state index contributed by atoms with van der Waals surface area (Å²) in [5, 5.41) is 19.9. The monoisotopic (exact) mass is 707 g/mol. The van der Waals surface area contributed by atoms with Crippen molar-refractivity contribution in [1.29, 1.82) is 5.26 Å². The molecule has 0 heterocycles. The highest BCUT2D eigenvalue weighted by Gasteiger charge is 2.67. The highest BCUT2D eigenvalue weighted by Crippen LogP contribution is 2.75. The summed E-state index contributed by atoms with van der Waals surface area (Å²) < 4.78 is 16.4. The van der Waals surface area contributed by atoms with Gasteiger partial charge in [0.05, 0.1) is 25.7 Å². The van der Waals surface area contributed by atoms with E-state index in [1.165, 1.54) is 11.6 Å². The number of aliphatic hydroxyl groups excluding tert-OH is 1. The van der Waals surface area contributed by atoms with Crippen molar-refractivity contribution < 1.29 is 33.7 Å². The Hall–Kier alpha value is -4.38. The Labute approximate surface area is 308 Å². The standard InChI is InChI=1S/C44H53NO7/c1-28-32-14-15-35-42(4,33(32)25-34(46)37(28)47)19-21-44(6)36-26-41(3,17-16-40(36,2)18-20-43(35,44)5)39(49)52-23-9-8-22-51-38(48)30(27-45)24-29-10-12-31(50-7)13-11-29/h10-15,24-25,36,47H,8-9,16-23,26H2,1-7H3/b30-24+/t36-,40-,41-,42+,43-,44+/m1/s1. The van der Waals surface area contributed by atoms with E-state index in [0.29, 0.717) is 35.6 Å². The molecule has 5 aliphatic carbocycles. The Morgan fingerprint density at radius 2 is 1.62 bits per heavy atom. The molecule has 0 bridgehead atoms. The number of carbonyl (C=O) groups excluding carboxylic acids is 3. The van der Waals surface area contributed by atoms with Crippen LogP contribution in [-0.4, -0.2) is 43.2 Å². The van der Waals surface area contributed by atoms with Gasteiger partial charge in [-0.25, -0.2) is 4.79 Å². The molecule has 3 saturated carbocycles. The Bertz CT molecular complexity index is 1870. The topological polar surface area (TPSA) is 123 Å². The average Bonchev–Trinajstić information content (AvgIpc) is 3.13. The number of ketones is 1. The van der Waals surface area contributed by atoms with Crippen LogP contribution in [0.1, 0.15) is 105 Å². The number of aliphatic hydroxyl groups is 1. The number of ether oxygens (including phenoxy) is 3. The van der Waals surface area contributed by atoms with Crippen molar-refractivity contribution in [3.8, 4) is 11.8 Å². The van der Waals surface area contributed by atoms with E-state index in [0.717, 1.165) is 56.1 Å². The minimum Gasteiger partial charge on any atom is -0.504 e. The molecule has 0 aromatic heterocycles. The number of unbranched alkanes of at least 4 members (excludes halogenated alkanes) is 1. The molecule has 6 rings (SSSR count). The minimum atomic E-state index is -0.681. The summed E-state index contributed by atoms with van der Waals surface area (Å²) >= 11 is 0. The molecule has 276 valence electrons. The van der Waals surface area contributed by atoms with Gasteiger partial charge < -0.3 is 19.3 Å². The summed E-state index contributed by atoms with van der Waals surface area (Å²) in [7, 11) is 1.57. The normalized spacial score (nSPS) is 33.9. The number of hydrogen-bond acceptors (Lipinski definition) is 8. The molecular formula is C44H53NO7.